The summed E-state index contributed by atoms with van der Waals surface area (Å²) >= 11 is 0. The number of likely N-dealkylation sites (tertiary alicyclic amines) is 1. The van der Waals surface area contributed by atoms with Gasteiger partial charge < -0.3 is 19.0 Å². The number of amides is 1. The molecule has 4 heterocycles. The summed E-state index contributed by atoms with van der Waals surface area (Å²) in [6.07, 6.45) is 3.18. The van der Waals surface area contributed by atoms with E-state index in [-0.39, 0.29) is 12.1 Å². The first kappa shape index (κ1) is 21.1. The number of carbonyl (C=O) groups is 1. The van der Waals surface area contributed by atoms with Crippen molar-refractivity contribution in [3.63, 3.8) is 0 Å². The lowest BCUT2D eigenvalue weighted by Crippen LogP contribution is -2.41. The van der Waals surface area contributed by atoms with E-state index in [1.54, 1.807) is 11.1 Å². The second-order valence-electron chi connectivity index (χ2n) is 10.2. The van der Waals surface area contributed by atoms with Crippen molar-refractivity contribution in [3.05, 3.63) is 18.1 Å². The number of ether oxygens (including phenoxy) is 1. The Kier molecular flexibility index (Phi) is 4.89. The molecule has 0 aromatic carbocycles. The number of carbonyl (C=O) groups excluding carboxylic acids is 1. The number of aromatic amines is 1. The first-order chi connectivity index (χ1) is 13.9. The molecule has 1 atom stereocenters. The second-order valence-corrected chi connectivity index (χ2v) is 10.2. The number of hydrogen-bond donors (Lipinski definition) is 1. The van der Waals surface area contributed by atoms with E-state index in [9.17, 15) is 4.79 Å². The molecule has 9 heteroatoms. The summed E-state index contributed by atoms with van der Waals surface area (Å²) in [6.45, 7) is 14.4. The number of nitrogens with one attached hydrogen (secondary N) is 1. The quantitative estimate of drug-likeness (QED) is 0.759. The second kappa shape index (κ2) is 6.95. The van der Waals surface area contributed by atoms with Gasteiger partial charge in [0.25, 0.3) is 0 Å². The predicted octanol–water partition coefficient (Wildman–Crippen LogP) is 3.33. The lowest BCUT2D eigenvalue weighted by molar-refractivity contribution is 0.00578. The lowest BCUT2D eigenvalue weighted by Gasteiger charge is -2.32. The van der Waals surface area contributed by atoms with Crippen LogP contribution in [0.3, 0.4) is 0 Å². The Morgan fingerprint density at radius 2 is 1.93 bits per heavy atom. The number of rotatable bonds is 2. The number of aromatic nitrogens is 3. The zero-order valence-electron chi connectivity index (χ0n) is 18.9. The maximum Gasteiger partial charge on any atom is 0.496 e. The molecule has 2 aromatic heterocycles. The molecule has 1 N–H and O–H groups in total. The summed E-state index contributed by atoms with van der Waals surface area (Å²) in [5, 5.41) is 0. The van der Waals surface area contributed by atoms with E-state index in [0.29, 0.717) is 12.2 Å². The molecule has 2 saturated heterocycles. The number of nitrogens with zero attached hydrogens (tertiary/aromatic N) is 3. The van der Waals surface area contributed by atoms with Crippen molar-refractivity contribution >= 4 is 29.8 Å². The molecule has 2 aliphatic rings. The van der Waals surface area contributed by atoms with E-state index >= 15 is 0 Å². The molecule has 0 spiro atoms. The molecule has 162 valence electrons. The maximum absolute atomic E-state index is 12.6. The third-order valence-electron chi connectivity index (χ3n) is 6.10. The molecule has 0 bridgehead atoms. The summed E-state index contributed by atoms with van der Waals surface area (Å²) in [6, 6.07) is 1.82. The molecular formula is C21H31BN4O4. The number of fused-ring (bicyclic) bond motifs is 1. The highest BCUT2D eigenvalue weighted by Gasteiger charge is 2.52. The molecule has 4 rings (SSSR count). The van der Waals surface area contributed by atoms with Gasteiger partial charge in [0, 0.05) is 18.2 Å². The lowest BCUT2D eigenvalue weighted by atomic mass is 9.80. The van der Waals surface area contributed by atoms with Gasteiger partial charge in [-0.05, 0) is 67.4 Å². The highest BCUT2D eigenvalue weighted by molar-refractivity contribution is 6.62. The highest BCUT2D eigenvalue weighted by Crippen LogP contribution is 2.37. The van der Waals surface area contributed by atoms with Gasteiger partial charge in [-0.25, -0.2) is 14.8 Å². The summed E-state index contributed by atoms with van der Waals surface area (Å²) in [5.41, 5.74) is 0.895. The summed E-state index contributed by atoms with van der Waals surface area (Å²) in [5.74, 6) is 0.729. The SMILES string of the molecule is CC(C)(C)OC(=O)N1CCCC1c1nc2ncc(B3OC(C)(C)C(C)(C)O3)cc2[nH]1. The van der Waals surface area contributed by atoms with Crippen molar-refractivity contribution in [2.24, 2.45) is 0 Å². The van der Waals surface area contributed by atoms with Crippen LogP contribution in [0.1, 0.15) is 73.2 Å². The van der Waals surface area contributed by atoms with Gasteiger partial charge in [0.1, 0.15) is 11.4 Å². The van der Waals surface area contributed by atoms with Crippen molar-refractivity contribution in [3.8, 4) is 0 Å². The summed E-state index contributed by atoms with van der Waals surface area (Å²) in [4.78, 5) is 26.9. The van der Waals surface area contributed by atoms with Crippen molar-refractivity contribution in [2.75, 3.05) is 6.54 Å². The first-order valence-corrected chi connectivity index (χ1v) is 10.6. The molecule has 0 saturated carbocycles. The van der Waals surface area contributed by atoms with Gasteiger partial charge >= 0.3 is 13.2 Å². The Bertz CT molecular complexity index is 950. The third-order valence-corrected chi connectivity index (χ3v) is 6.10. The largest absolute Gasteiger partial charge is 0.496 e. The minimum absolute atomic E-state index is 0.144. The third kappa shape index (κ3) is 3.80. The standard InChI is InChI=1S/C21H31BN4O4/c1-19(2,3)28-18(27)26-10-8-9-15(26)17-24-14-11-13(12-23-16(14)25-17)22-29-20(4,5)21(6,7)30-22/h11-12,15H,8-10H2,1-7H3,(H,23,24,25). The maximum atomic E-state index is 12.6. The molecule has 2 fully saturated rings. The zero-order valence-corrected chi connectivity index (χ0v) is 18.9. The van der Waals surface area contributed by atoms with Crippen LogP contribution in [-0.4, -0.2) is 56.4 Å². The number of pyridine rings is 1. The fraction of sp³-hybridized carbons (Fsp3) is 0.667. The molecule has 8 nitrogen and oxygen atoms in total. The highest BCUT2D eigenvalue weighted by atomic mass is 16.7. The Morgan fingerprint density at radius 3 is 2.57 bits per heavy atom. The Balaban J connectivity index is 1.58. The molecule has 2 aliphatic heterocycles. The van der Waals surface area contributed by atoms with Crippen molar-refractivity contribution in [1.29, 1.82) is 0 Å². The normalized spacial score (nSPS) is 23.4. The van der Waals surface area contributed by atoms with E-state index in [1.165, 1.54) is 0 Å². The smallest absolute Gasteiger partial charge is 0.444 e. The fourth-order valence-corrected chi connectivity index (χ4v) is 3.79. The van der Waals surface area contributed by atoms with Crippen molar-refractivity contribution < 1.29 is 18.8 Å². The van der Waals surface area contributed by atoms with Crippen LogP contribution in [0.4, 0.5) is 4.79 Å². The van der Waals surface area contributed by atoms with Crippen LogP contribution < -0.4 is 5.46 Å². The van der Waals surface area contributed by atoms with Crippen molar-refractivity contribution in [1.82, 2.24) is 19.9 Å². The molecule has 0 radical (unpaired) electrons. The van der Waals surface area contributed by atoms with Gasteiger partial charge in [0.2, 0.25) is 0 Å². The zero-order chi connectivity index (χ0) is 21.9. The Hall–Kier alpha value is -2.13. The van der Waals surface area contributed by atoms with Crippen LogP contribution in [0, 0.1) is 0 Å². The fourth-order valence-electron chi connectivity index (χ4n) is 3.79. The molecule has 1 unspecified atom stereocenters. The molecule has 0 aliphatic carbocycles. The van der Waals surface area contributed by atoms with Gasteiger partial charge in [0.15, 0.2) is 5.65 Å². The number of H-pyrrole nitrogens is 1. The summed E-state index contributed by atoms with van der Waals surface area (Å²) in [7, 11) is -0.483. The van der Waals surface area contributed by atoms with Crippen LogP contribution in [0.5, 0.6) is 0 Å². The number of hydrogen-bond acceptors (Lipinski definition) is 6. The van der Waals surface area contributed by atoms with Crippen LogP contribution in [-0.2, 0) is 14.0 Å². The molecule has 1 amide bonds. The summed E-state index contributed by atoms with van der Waals surface area (Å²) < 4.78 is 17.8. The molecular weight excluding hydrogens is 383 g/mol. The molecule has 30 heavy (non-hydrogen) atoms. The van der Waals surface area contributed by atoms with E-state index in [4.69, 9.17) is 14.0 Å². The topological polar surface area (TPSA) is 89.6 Å². The van der Waals surface area contributed by atoms with Crippen LogP contribution in [0.25, 0.3) is 11.2 Å². The van der Waals surface area contributed by atoms with E-state index in [1.807, 2.05) is 54.5 Å². The minimum atomic E-state index is -0.530. The average molecular weight is 414 g/mol. The van der Waals surface area contributed by atoms with Crippen LogP contribution in [0.15, 0.2) is 12.3 Å². The Labute approximate surface area is 177 Å². The van der Waals surface area contributed by atoms with Gasteiger partial charge in [-0.1, -0.05) is 0 Å². The van der Waals surface area contributed by atoms with Gasteiger partial charge in [-0.3, -0.25) is 4.90 Å². The molecule has 2 aromatic rings. The van der Waals surface area contributed by atoms with Crippen LogP contribution in [0.2, 0.25) is 0 Å². The van der Waals surface area contributed by atoms with E-state index < -0.39 is 23.9 Å². The number of imidazole rings is 1. The van der Waals surface area contributed by atoms with Gasteiger partial charge in [-0.2, -0.15) is 0 Å². The van der Waals surface area contributed by atoms with Crippen molar-refractivity contribution in [2.45, 2.75) is 84.2 Å². The Morgan fingerprint density at radius 1 is 1.27 bits per heavy atom. The average Bonchev–Trinajstić information content (AvgIpc) is 3.28. The van der Waals surface area contributed by atoms with Gasteiger partial charge in [-0.15, -0.1) is 0 Å². The van der Waals surface area contributed by atoms with Crippen LogP contribution >= 0.6 is 0 Å². The van der Waals surface area contributed by atoms with E-state index in [2.05, 4.69) is 15.0 Å². The minimum Gasteiger partial charge on any atom is -0.444 e. The van der Waals surface area contributed by atoms with Gasteiger partial charge in [0.05, 0.1) is 22.8 Å². The van der Waals surface area contributed by atoms with E-state index in [0.717, 1.165) is 29.6 Å². The first-order valence-electron chi connectivity index (χ1n) is 10.6. The predicted molar refractivity (Wildman–Crippen MR) is 115 cm³/mol. The monoisotopic (exact) mass is 414 g/mol.